The summed E-state index contributed by atoms with van der Waals surface area (Å²) in [6.07, 6.45) is 2.09. The number of pyridine rings is 1. The zero-order chi connectivity index (χ0) is 18.7. The summed E-state index contributed by atoms with van der Waals surface area (Å²) < 4.78 is 15.1. The van der Waals surface area contributed by atoms with E-state index in [2.05, 4.69) is 40.0 Å². The van der Waals surface area contributed by atoms with Crippen LogP contribution in [0.4, 0.5) is 10.2 Å². The van der Waals surface area contributed by atoms with Crippen LogP contribution in [-0.4, -0.2) is 4.98 Å². The van der Waals surface area contributed by atoms with Crippen LogP contribution in [0, 0.1) is 17.1 Å². The van der Waals surface area contributed by atoms with E-state index in [-0.39, 0.29) is 11.4 Å². The quantitative estimate of drug-likeness (QED) is 0.598. The van der Waals surface area contributed by atoms with Gasteiger partial charge in [-0.25, -0.2) is 9.37 Å². The van der Waals surface area contributed by atoms with Gasteiger partial charge in [0.15, 0.2) is 0 Å². The normalized spacial score (nSPS) is 10.5. The van der Waals surface area contributed by atoms with Crippen molar-refractivity contribution < 1.29 is 4.39 Å². The van der Waals surface area contributed by atoms with Gasteiger partial charge < -0.3 is 5.73 Å². The fourth-order valence-corrected chi connectivity index (χ4v) is 3.21. The molecule has 3 nitrogen and oxygen atoms in total. The Kier molecular flexibility index (Phi) is 5.34. The zero-order valence-electron chi connectivity index (χ0n) is 14.3. The number of rotatable bonds is 4. The Morgan fingerprint density at radius 3 is 2.46 bits per heavy atom. The van der Waals surface area contributed by atoms with Crippen LogP contribution < -0.4 is 5.73 Å². The van der Waals surface area contributed by atoms with Gasteiger partial charge in [0.2, 0.25) is 0 Å². The van der Waals surface area contributed by atoms with Crippen LogP contribution >= 0.6 is 15.9 Å². The topological polar surface area (TPSA) is 62.7 Å². The summed E-state index contributed by atoms with van der Waals surface area (Å²) in [5.41, 5.74) is 9.68. The average molecular weight is 410 g/mol. The van der Waals surface area contributed by atoms with E-state index in [1.165, 1.54) is 11.6 Å². The molecule has 5 heteroatoms. The Bertz CT molecular complexity index is 991. The highest BCUT2D eigenvalue weighted by atomic mass is 79.9. The van der Waals surface area contributed by atoms with Crippen molar-refractivity contribution in [1.82, 2.24) is 4.98 Å². The number of nitrogen functional groups attached to an aromatic ring is 1. The Morgan fingerprint density at radius 2 is 1.85 bits per heavy atom. The lowest BCUT2D eigenvalue weighted by molar-refractivity contribution is 0.630. The second-order valence-electron chi connectivity index (χ2n) is 6.00. The van der Waals surface area contributed by atoms with Gasteiger partial charge in [-0.15, -0.1) is 0 Å². The summed E-state index contributed by atoms with van der Waals surface area (Å²) in [7, 11) is 0. The van der Waals surface area contributed by atoms with Crippen LogP contribution in [0.5, 0.6) is 0 Å². The minimum atomic E-state index is -0.425. The van der Waals surface area contributed by atoms with Gasteiger partial charge in [0, 0.05) is 21.2 Å². The number of benzene rings is 2. The molecule has 0 amide bonds. The zero-order valence-corrected chi connectivity index (χ0v) is 15.8. The van der Waals surface area contributed by atoms with Gasteiger partial charge in [-0.2, -0.15) is 5.26 Å². The highest BCUT2D eigenvalue weighted by Gasteiger charge is 2.16. The molecule has 0 aliphatic heterocycles. The molecule has 3 rings (SSSR count). The van der Waals surface area contributed by atoms with E-state index in [9.17, 15) is 9.65 Å². The predicted octanol–water partition coefficient (Wildman–Crippen LogP) is 5.72. The first-order valence-corrected chi connectivity index (χ1v) is 9.08. The van der Waals surface area contributed by atoms with Crippen molar-refractivity contribution in [2.45, 2.75) is 19.8 Å². The van der Waals surface area contributed by atoms with Gasteiger partial charge in [0.1, 0.15) is 23.3 Å². The fourth-order valence-electron chi connectivity index (χ4n) is 2.88. The van der Waals surface area contributed by atoms with Crippen molar-refractivity contribution in [3.63, 3.8) is 0 Å². The molecule has 0 atom stereocenters. The molecule has 130 valence electrons. The molecular formula is C21H17BrFN3. The molecule has 1 heterocycles. The van der Waals surface area contributed by atoms with Crippen LogP contribution in [0.25, 0.3) is 22.4 Å². The lowest BCUT2D eigenvalue weighted by atomic mass is 9.97. The first kappa shape index (κ1) is 18.1. The lowest BCUT2D eigenvalue weighted by Gasteiger charge is -2.11. The summed E-state index contributed by atoms with van der Waals surface area (Å²) in [4.78, 5) is 4.35. The van der Waals surface area contributed by atoms with Crippen molar-refractivity contribution in [2.75, 3.05) is 5.73 Å². The van der Waals surface area contributed by atoms with Gasteiger partial charge in [0.25, 0.3) is 0 Å². The maximum Gasteiger partial charge on any atom is 0.142 e. The highest BCUT2D eigenvalue weighted by molar-refractivity contribution is 9.10. The molecule has 0 spiro atoms. The molecule has 2 N–H and O–H groups in total. The van der Waals surface area contributed by atoms with Crippen LogP contribution in [0.2, 0.25) is 0 Å². The van der Waals surface area contributed by atoms with Crippen molar-refractivity contribution in [3.05, 3.63) is 69.9 Å². The molecule has 0 aliphatic carbocycles. The second-order valence-corrected chi connectivity index (χ2v) is 6.91. The van der Waals surface area contributed by atoms with Crippen molar-refractivity contribution >= 4 is 21.7 Å². The standard InChI is InChI=1S/C21H17BrFN3/c1-2-3-13-4-6-14(7-5-13)20-11-17(18(12-24)21(25)26-20)16-9-8-15(22)10-19(16)23/h4-11H,2-3H2,1H3,(H2,25,26). The third-order valence-electron chi connectivity index (χ3n) is 4.17. The van der Waals surface area contributed by atoms with E-state index in [1.807, 2.05) is 18.2 Å². The van der Waals surface area contributed by atoms with Gasteiger partial charge >= 0.3 is 0 Å². The fraction of sp³-hybridized carbons (Fsp3) is 0.143. The Hall–Kier alpha value is -2.71. The first-order chi connectivity index (χ1) is 12.5. The van der Waals surface area contributed by atoms with E-state index in [1.54, 1.807) is 18.2 Å². The van der Waals surface area contributed by atoms with Crippen LogP contribution in [-0.2, 0) is 6.42 Å². The summed E-state index contributed by atoms with van der Waals surface area (Å²) in [6, 6.07) is 16.5. The van der Waals surface area contributed by atoms with Gasteiger partial charge in [-0.05, 0) is 30.2 Å². The predicted molar refractivity (Wildman–Crippen MR) is 106 cm³/mol. The van der Waals surface area contributed by atoms with Gasteiger partial charge in [-0.1, -0.05) is 59.6 Å². The monoisotopic (exact) mass is 409 g/mol. The number of nitrogens with two attached hydrogens (primary N) is 1. The molecule has 3 aromatic rings. The van der Waals surface area contributed by atoms with Crippen LogP contribution in [0.15, 0.2) is 53.0 Å². The maximum atomic E-state index is 14.5. The van der Waals surface area contributed by atoms with E-state index in [0.717, 1.165) is 18.4 Å². The molecule has 1 aromatic heterocycles. The van der Waals surface area contributed by atoms with Crippen LogP contribution in [0.1, 0.15) is 24.5 Å². The summed E-state index contributed by atoms with van der Waals surface area (Å²) in [6.45, 7) is 2.13. The second kappa shape index (κ2) is 7.67. The van der Waals surface area contributed by atoms with Crippen molar-refractivity contribution in [3.8, 4) is 28.5 Å². The third kappa shape index (κ3) is 3.61. The third-order valence-corrected chi connectivity index (χ3v) is 4.66. The molecule has 0 radical (unpaired) electrons. The van der Waals surface area contributed by atoms with Crippen LogP contribution in [0.3, 0.4) is 0 Å². The molecule has 2 aromatic carbocycles. The molecule has 0 unspecified atom stereocenters. The SMILES string of the molecule is CCCc1ccc(-c2cc(-c3ccc(Br)cc3F)c(C#N)c(N)n2)cc1. The summed E-state index contributed by atoms with van der Waals surface area (Å²) in [5.74, 6) is -0.328. The largest absolute Gasteiger partial charge is 0.383 e. The number of hydrogen-bond donors (Lipinski definition) is 1. The molecule has 0 aliphatic rings. The van der Waals surface area contributed by atoms with E-state index in [4.69, 9.17) is 5.73 Å². The minimum Gasteiger partial charge on any atom is -0.383 e. The number of nitriles is 1. The molecule has 0 saturated heterocycles. The van der Waals surface area contributed by atoms with Gasteiger partial charge in [0.05, 0.1) is 5.69 Å². The van der Waals surface area contributed by atoms with Gasteiger partial charge in [-0.3, -0.25) is 0 Å². The number of anilines is 1. The number of aromatic nitrogens is 1. The lowest BCUT2D eigenvalue weighted by Crippen LogP contribution is -2.00. The number of halogens is 2. The van der Waals surface area contributed by atoms with Crippen molar-refractivity contribution in [1.29, 1.82) is 5.26 Å². The summed E-state index contributed by atoms with van der Waals surface area (Å²) >= 11 is 3.25. The smallest absolute Gasteiger partial charge is 0.142 e. The number of hydrogen-bond acceptors (Lipinski definition) is 3. The van der Waals surface area contributed by atoms with E-state index >= 15 is 0 Å². The summed E-state index contributed by atoms with van der Waals surface area (Å²) in [5, 5.41) is 9.46. The molecule has 0 saturated carbocycles. The first-order valence-electron chi connectivity index (χ1n) is 8.28. The number of nitrogens with zero attached hydrogens (tertiary/aromatic N) is 2. The Morgan fingerprint density at radius 1 is 1.12 bits per heavy atom. The Balaban J connectivity index is 2.14. The molecule has 0 fully saturated rings. The molecule has 0 bridgehead atoms. The molecular weight excluding hydrogens is 393 g/mol. The van der Waals surface area contributed by atoms with Crippen molar-refractivity contribution in [2.24, 2.45) is 0 Å². The van der Waals surface area contributed by atoms with E-state index in [0.29, 0.717) is 21.3 Å². The average Bonchev–Trinajstić information content (AvgIpc) is 2.62. The maximum absolute atomic E-state index is 14.5. The number of aryl methyl sites for hydroxylation is 1. The Labute approximate surface area is 160 Å². The molecule has 26 heavy (non-hydrogen) atoms. The highest BCUT2D eigenvalue weighted by Crippen LogP contribution is 2.33. The van der Waals surface area contributed by atoms with E-state index < -0.39 is 5.82 Å². The minimum absolute atomic E-state index is 0.0972.